The van der Waals surface area contributed by atoms with Crippen LogP contribution < -0.4 is 5.32 Å². The summed E-state index contributed by atoms with van der Waals surface area (Å²) in [7, 11) is 0. The van der Waals surface area contributed by atoms with Crippen molar-refractivity contribution in [1.82, 2.24) is 4.98 Å². The van der Waals surface area contributed by atoms with Gasteiger partial charge in [-0.05, 0) is 24.5 Å². The van der Waals surface area contributed by atoms with E-state index in [1.165, 1.54) is 6.07 Å². The SMILES string of the molecule is CCNc1nc2cc(F)c(F)cc2cc1C(C)(C)C. The highest BCUT2D eigenvalue weighted by atomic mass is 19.2. The molecule has 0 radical (unpaired) electrons. The Balaban J connectivity index is 2.73. The van der Waals surface area contributed by atoms with Crippen molar-refractivity contribution in [3.8, 4) is 0 Å². The second-order valence-electron chi connectivity index (χ2n) is 5.62. The van der Waals surface area contributed by atoms with Gasteiger partial charge in [-0.15, -0.1) is 0 Å². The molecule has 0 saturated heterocycles. The van der Waals surface area contributed by atoms with Crippen molar-refractivity contribution in [2.24, 2.45) is 0 Å². The van der Waals surface area contributed by atoms with Gasteiger partial charge in [0.25, 0.3) is 0 Å². The van der Waals surface area contributed by atoms with Crippen LogP contribution in [-0.2, 0) is 5.41 Å². The number of fused-ring (bicyclic) bond motifs is 1. The minimum atomic E-state index is -0.869. The van der Waals surface area contributed by atoms with Crippen LogP contribution in [0.3, 0.4) is 0 Å². The van der Waals surface area contributed by atoms with E-state index < -0.39 is 11.6 Å². The van der Waals surface area contributed by atoms with Gasteiger partial charge in [-0.1, -0.05) is 20.8 Å². The van der Waals surface area contributed by atoms with Crippen LogP contribution in [0.25, 0.3) is 10.9 Å². The lowest BCUT2D eigenvalue weighted by molar-refractivity contribution is 0.510. The van der Waals surface area contributed by atoms with Gasteiger partial charge in [-0.25, -0.2) is 13.8 Å². The van der Waals surface area contributed by atoms with E-state index in [0.717, 1.165) is 24.0 Å². The van der Waals surface area contributed by atoms with Crippen LogP contribution >= 0.6 is 0 Å². The van der Waals surface area contributed by atoms with Crippen molar-refractivity contribution in [3.05, 3.63) is 35.4 Å². The summed E-state index contributed by atoms with van der Waals surface area (Å²) in [5.74, 6) is -0.982. The molecule has 0 bridgehead atoms. The predicted octanol–water partition coefficient (Wildman–Crippen LogP) is 4.24. The monoisotopic (exact) mass is 264 g/mol. The molecule has 2 aromatic rings. The molecule has 2 rings (SSSR count). The van der Waals surface area contributed by atoms with E-state index >= 15 is 0 Å². The van der Waals surface area contributed by atoms with E-state index in [9.17, 15) is 8.78 Å². The Kier molecular flexibility index (Phi) is 3.43. The fourth-order valence-electron chi connectivity index (χ4n) is 2.04. The molecule has 0 amide bonds. The first kappa shape index (κ1) is 13.7. The number of hydrogen-bond donors (Lipinski definition) is 1. The van der Waals surface area contributed by atoms with Crippen molar-refractivity contribution in [3.63, 3.8) is 0 Å². The van der Waals surface area contributed by atoms with Crippen LogP contribution in [0.1, 0.15) is 33.3 Å². The molecule has 2 nitrogen and oxygen atoms in total. The molecule has 0 aliphatic carbocycles. The molecule has 0 aliphatic rings. The molecule has 102 valence electrons. The molecule has 0 fully saturated rings. The zero-order chi connectivity index (χ0) is 14.2. The van der Waals surface area contributed by atoms with Crippen LogP contribution in [0.2, 0.25) is 0 Å². The second kappa shape index (κ2) is 4.76. The smallest absolute Gasteiger partial charge is 0.161 e. The fourth-order valence-corrected chi connectivity index (χ4v) is 2.04. The second-order valence-corrected chi connectivity index (χ2v) is 5.62. The largest absolute Gasteiger partial charge is 0.370 e. The summed E-state index contributed by atoms with van der Waals surface area (Å²) < 4.78 is 26.6. The highest BCUT2D eigenvalue weighted by Crippen LogP contribution is 2.31. The first-order chi connectivity index (χ1) is 8.82. The fraction of sp³-hybridized carbons (Fsp3) is 0.400. The minimum absolute atomic E-state index is 0.121. The molecule has 0 aliphatic heterocycles. The number of hydrogen-bond acceptors (Lipinski definition) is 2. The maximum absolute atomic E-state index is 13.3. The third-order valence-corrected chi connectivity index (χ3v) is 3.01. The Hall–Kier alpha value is -1.71. The first-order valence-electron chi connectivity index (χ1n) is 6.37. The molecule has 1 aromatic heterocycles. The summed E-state index contributed by atoms with van der Waals surface area (Å²) in [6.45, 7) is 8.90. The highest BCUT2D eigenvalue weighted by Gasteiger charge is 2.20. The molecule has 19 heavy (non-hydrogen) atoms. The van der Waals surface area contributed by atoms with Gasteiger partial charge in [-0.3, -0.25) is 0 Å². The lowest BCUT2D eigenvalue weighted by Crippen LogP contribution is -2.16. The van der Waals surface area contributed by atoms with Crippen molar-refractivity contribution in [1.29, 1.82) is 0 Å². The molecular weight excluding hydrogens is 246 g/mol. The van der Waals surface area contributed by atoms with Gasteiger partial charge in [0, 0.05) is 23.6 Å². The van der Waals surface area contributed by atoms with E-state index in [1.807, 2.05) is 13.0 Å². The Morgan fingerprint density at radius 2 is 1.74 bits per heavy atom. The minimum Gasteiger partial charge on any atom is -0.370 e. The van der Waals surface area contributed by atoms with E-state index in [1.54, 1.807) is 0 Å². The van der Waals surface area contributed by atoms with Crippen LogP contribution in [0.4, 0.5) is 14.6 Å². The standard InChI is InChI=1S/C15H18F2N2/c1-5-18-14-10(15(2,3)4)6-9-7-11(16)12(17)8-13(9)19-14/h6-8H,5H2,1-4H3,(H,18,19). The van der Waals surface area contributed by atoms with Crippen LogP contribution in [0, 0.1) is 11.6 Å². The third kappa shape index (κ3) is 2.67. The number of anilines is 1. The highest BCUT2D eigenvalue weighted by molar-refractivity contribution is 5.82. The number of nitrogens with zero attached hydrogens (tertiary/aromatic N) is 1. The predicted molar refractivity (Wildman–Crippen MR) is 74.5 cm³/mol. The van der Waals surface area contributed by atoms with Gasteiger partial charge in [0.1, 0.15) is 5.82 Å². The Labute approximate surface area is 111 Å². The van der Waals surface area contributed by atoms with Crippen LogP contribution in [0.5, 0.6) is 0 Å². The van der Waals surface area contributed by atoms with E-state index in [2.05, 4.69) is 31.1 Å². The van der Waals surface area contributed by atoms with Crippen LogP contribution in [0.15, 0.2) is 18.2 Å². The molecule has 0 spiro atoms. The molecule has 0 unspecified atom stereocenters. The van der Waals surface area contributed by atoms with Gasteiger partial charge in [0.15, 0.2) is 11.6 Å². The normalized spacial score (nSPS) is 11.9. The van der Waals surface area contributed by atoms with E-state index in [4.69, 9.17) is 0 Å². The number of nitrogens with one attached hydrogen (secondary N) is 1. The zero-order valence-corrected chi connectivity index (χ0v) is 11.6. The molecule has 0 atom stereocenters. The lowest BCUT2D eigenvalue weighted by atomic mass is 9.86. The number of pyridine rings is 1. The number of halogens is 2. The van der Waals surface area contributed by atoms with Gasteiger partial charge < -0.3 is 5.32 Å². The lowest BCUT2D eigenvalue weighted by Gasteiger charge is -2.23. The molecule has 4 heteroatoms. The molecule has 0 saturated carbocycles. The summed E-state index contributed by atoms with van der Waals surface area (Å²) in [6, 6.07) is 4.21. The molecule has 1 aromatic carbocycles. The van der Waals surface area contributed by atoms with Crippen molar-refractivity contribution in [2.45, 2.75) is 33.1 Å². The summed E-state index contributed by atoms with van der Waals surface area (Å²) in [5, 5.41) is 3.80. The van der Waals surface area contributed by atoms with E-state index in [-0.39, 0.29) is 5.41 Å². The maximum Gasteiger partial charge on any atom is 0.161 e. The topological polar surface area (TPSA) is 24.9 Å². The first-order valence-corrected chi connectivity index (χ1v) is 6.37. The third-order valence-electron chi connectivity index (χ3n) is 3.01. The molecule has 1 heterocycles. The van der Waals surface area contributed by atoms with Gasteiger partial charge >= 0.3 is 0 Å². The quantitative estimate of drug-likeness (QED) is 0.877. The van der Waals surface area contributed by atoms with Gasteiger partial charge in [0.05, 0.1) is 5.52 Å². The van der Waals surface area contributed by atoms with Gasteiger partial charge in [0.2, 0.25) is 0 Å². The van der Waals surface area contributed by atoms with Crippen molar-refractivity contribution in [2.75, 3.05) is 11.9 Å². The van der Waals surface area contributed by atoms with Gasteiger partial charge in [-0.2, -0.15) is 0 Å². The summed E-state index contributed by atoms with van der Waals surface area (Å²) in [6.07, 6.45) is 0. The average molecular weight is 264 g/mol. The maximum atomic E-state index is 13.3. The summed E-state index contributed by atoms with van der Waals surface area (Å²) >= 11 is 0. The molecule has 1 N–H and O–H groups in total. The summed E-state index contributed by atoms with van der Waals surface area (Å²) in [5.41, 5.74) is 1.33. The molecular formula is C15H18F2N2. The Morgan fingerprint density at radius 1 is 1.11 bits per heavy atom. The number of rotatable bonds is 2. The Morgan fingerprint density at radius 3 is 2.32 bits per heavy atom. The number of benzene rings is 1. The van der Waals surface area contributed by atoms with Crippen molar-refractivity contribution < 1.29 is 8.78 Å². The average Bonchev–Trinajstić information content (AvgIpc) is 2.29. The Bertz CT molecular complexity index is 616. The number of aromatic nitrogens is 1. The summed E-state index contributed by atoms with van der Waals surface area (Å²) in [4.78, 5) is 4.42. The zero-order valence-electron chi connectivity index (χ0n) is 11.6. The van der Waals surface area contributed by atoms with Crippen LogP contribution in [-0.4, -0.2) is 11.5 Å². The van der Waals surface area contributed by atoms with Crippen molar-refractivity contribution >= 4 is 16.7 Å². The van der Waals surface area contributed by atoms with E-state index in [0.29, 0.717) is 10.9 Å².